The second-order valence-electron chi connectivity index (χ2n) is 5.50. The molecule has 0 spiro atoms. The number of piperazine rings is 1. The molecule has 1 fully saturated rings. The Morgan fingerprint density at radius 2 is 1.68 bits per heavy atom. The van der Waals surface area contributed by atoms with Gasteiger partial charge in [-0.15, -0.1) is 0 Å². The lowest BCUT2D eigenvalue weighted by Crippen LogP contribution is -2.52. The Balaban J connectivity index is 1.84. The zero-order valence-electron chi connectivity index (χ0n) is 12.4. The number of guanidine groups is 1. The molecule has 0 saturated carbocycles. The van der Waals surface area contributed by atoms with Crippen LogP contribution in [0.2, 0.25) is 0 Å². The first-order valence-electron chi connectivity index (χ1n) is 7.25. The van der Waals surface area contributed by atoms with Crippen molar-refractivity contribution in [3.8, 4) is 0 Å². The molecule has 2 heterocycles. The van der Waals surface area contributed by atoms with E-state index in [2.05, 4.69) is 37.8 Å². The van der Waals surface area contributed by atoms with Crippen molar-refractivity contribution in [2.24, 2.45) is 4.99 Å². The van der Waals surface area contributed by atoms with Crippen molar-refractivity contribution in [3.05, 3.63) is 28.7 Å². The molecule has 2 aliphatic heterocycles. The van der Waals surface area contributed by atoms with Gasteiger partial charge >= 0.3 is 0 Å². The molecule has 3 rings (SSSR count). The van der Waals surface area contributed by atoms with E-state index >= 15 is 0 Å². The van der Waals surface area contributed by atoms with Crippen molar-refractivity contribution in [2.45, 2.75) is 4.90 Å². The summed E-state index contributed by atoms with van der Waals surface area (Å²) in [7, 11) is -1.47. The van der Waals surface area contributed by atoms with E-state index in [0.717, 1.165) is 30.7 Å². The highest BCUT2D eigenvalue weighted by Crippen LogP contribution is 2.22. The lowest BCUT2D eigenvalue weighted by atomic mass is 10.3. The fourth-order valence-corrected chi connectivity index (χ4v) is 4.35. The fourth-order valence-electron chi connectivity index (χ4n) is 2.65. The molecule has 0 aliphatic carbocycles. The number of aliphatic imine (C=N–C) groups is 1. The Morgan fingerprint density at radius 1 is 1.05 bits per heavy atom. The smallest absolute Gasteiger partial charge is 0.266 e. The largest absolute Gasteiger partial charge is 0.339 e. The fraction of sp³-hybridized carbons (Fsp3) is 0.500. The third-order valence-electron chi connectivity index (χ3n) is 3.97. The Hall–Kier alpha value is -1.12. The maximum atomic E-state index is 12.9. The molecule has 0 atom stereocenters. The van der Waals surface area contributed by atoms with E-state index in [0.29, 0.717) is 23.9 Å². The van der Waals surface area contributed by atoms with Gasteiger partial charge in [0.2, 0.25) is 5.96 Å². The van der Waals surface area contributed by atoms with Crippen molar-refractivity contribution in [1.82, 2.24) is 14.1 Å². The van der Waals surface area contributed by atoms with Gasteiger partial charge < -0.3 is 9.80 Å². The van der Waals surface area contributed by atoms with Gasteiger partial charge in [-0.25, -0.2) is 12.7 Å². The van der Waals surface area contributed by atoms with Gasteiger partial charge in [0.15, 0.2) is 0 Å². The second-order valence-corrected chi connectivity index (χ2v) is 8.28. The highest BCUT2D eigenvalue weighted by atomic mass is 79.9. The average molecular weight is 387 g/mol. The average Bonchev–Trinajstić information content (AvgIpc) is 2.99. The molecule has 0 unspecified atom stereocenters. The van der Waals surface area contributed by atoms with Gasteiger partial charge in [-0.3, -0.25) is 4.99 Å². The van der Waals surface area contributed by atoms with Crippen molar-refractivity contribution >= 4 is 31.9 Å². The first-order valence-corrected chi connectivity index (χ1v) is 9.48. The first-order chi connectivity index (χ1) is 10.5. The van der Waals surface area contributed by atoms with E-state index in [1.807, 2.05) is 0 Å². The van der Waals surface area contributed by atoms with Crippen LogP contribution in [0.25, 0.3) is 0 Å². The molecular formula is C14H19BrN4O2S. The minimum atomic E-state index is -3.54. The quantitative estimate of drug-likeness (QED) is 0.762. The summed E-state index contributed by atoms with van der Waals surface area (Å²) in [5.41, 5.74) is 0. The number of halogens is 1. The van der Waals surface area contributed by atoms with Gasteiger partial charge in [0.1, 0.15) is 0 Å². The molecule has 1 aromatic rings. The first kappa shape index (κ1) is 15.8. The molecule has 0 radical (unpaired) electrons. The summed E-state index contributed by atoms with van der Waals surface area (Å²) in [5.74, 6) is 0.594. The topological polar surface area (TPSA) is 56.2 Å². The van der Waals surface area contributed by atoms with Crippen LogP contribution < -0.4 is 0 Å². The molecule has 0 bridgehead atoms. The van der Waals surface area contributed by atoms with Gasteiger partial charge in [0.25, 0.3) is 10.0 Å². The van der Waals surface area contributed by atoms with E-state index in [1.165, 1.54) is 4.31 Å². The molecule has 22 heavy (non-hydrogen) atoms. The van der Waals surface area contributed by atoms with Crippen molar-refractivity contribution in [1.29, 1.82) is 0 Å². The molecule has 0 N–H and O–H groups in total. The lowest BCUT2D eigenvalue weighted by Gasteiger charge is -2.36. The zero-order valence-corrected chi connectivity index (χ0v) is 14.8. The molecular weight excluding hydrogens is 368 g/mol. The van der Waals surface area contributed by atoms with Gasteiger partial charge in [-0.1, -0.05) is 15.9 Å². The third-order valence-corrected chi connectivity index (χ3v) is 6.29. The van der Waals surface area contributed by atoms with Crippen LogP contribution in [-0.4, -0.2) is 74.8 Å². The predicted octanol–water partition coefficient (Wildman–Crippen LogP) is 1.06. The van der Waals surface area contributed by atoms with Gasteiger partial charge in [-0.2, -0.15) is 0 Å². The van der Waals surface area contributed by atoms with Crippen LogP contribution in [0.4, 0.5) is 0 Å². The van der Waals surface area contributed by atoms with Crippen LogP contribution in [-0.2, 0) is 10.0 Å². The molecule has 0 amide bonds. The van der Waals surface area contributed by atoms with Crippen LogP contribution in [0.5, 0.6) is 0 Å². The van der Waals surface area contributed by atoms with E-state index < -0.39 is 10.0 Å². The van der Waals surface area contributed by atoms with Gasteiger partial charge in [-0.05, 0) is 31.3 Å². The zero-order chi connectivity index (χ0) is 15.7. The van der Waals surface area contributed by atoms with E-state index in [4.69, 9.17) is 0 Å². The van der Waals surface area contributed by atoms with Crippen molar-refractivity contribution in [3.63, 3.8) is 0 Å². The molecule has 0 aromatic heterocycles. The molecule has 1 saturated heterocycles. The molecule has 8 heteroatoms. The standard InChI is InChI=1S/C14H19BrN4O2S/c1-17-8-10-18(11-9-17)14-16-6-7-19(14)22(20,21)13-4-2-12(15)3-5-13/h2-5H,6-11H2,1H3. The maximum Gasteiger partial charge on any atom is 0.266 e. The van der Waals surface area contributed by atoms with E-state index in [9.17, 15) is 8.42 Å². The highest BCUT2D eigenvalue weighted by Gasteiger charge is 2.34. The minimum absolute atomic E-state index is 0.305. The summed E-state index contributed by atoms with van der Waals surface area (Å²) < 4.78 is 28.0. The second kappa shape index (κ2) is 6.17. The van der Waals surface area contributed by atoms with Gasteiger partial charge in [0.05, 0.1) is 18.0 Å². The van der Waals surface area contributed by atoms with Crippen LogP contribution in [0.15, 0.2) is 38.6 Å². The summed E-state index contributed by atoms with van der Waals surface area (Å²) in [6.07, 6.45) is 0. The summed E-state index contributed by atoms with van der Waals surface area (Å²) in [4.78, 5) is 9.05. The van der Waals surface area contributed by atoms with Crippen LogP contribution in [0.1, 0.15) is 0 Å². The van der Waals surface area contributed by atoms with E-state index in [-0.39, 0.29) is 0 Å². The van der Waals surface area contributed by atoms with Crippen molar-refractivity contribution in [2.75, 3.05) is 46.3 Å². The summed E-state index contributed by atoms with van der Waals surface area (Å²) in [5, 5.41) is 0. The number of hydrogen-bond donors (Lipinski definition) is 0. The van der Waals surface area contributed by atoms with Crippen molar-refractivity contribution < 1.29 is 8.42 Å². The van der Waals surface area contributed by atoms with Crippen LogP contribution >= 0.6 is 15.9 Å². The minimum Gasteiger partial charge on any atom is -0.339 e. The number of nitrogens with zero attached hydrogens (tertiary/aromatic N) is 4. The summed E-state index contributed by atoms with van der Waals surface area (Å²) in [6.45, 7) is 4.40. The molecule has 6 nitrogen and oxygen atoms in total. The number of sulfonamides is 1. The summed E-state index contributed by atoms with van der Waals surface area (Å²) in [6, 6.07) is 6.74. The number of benzene rings is 1. The Morgan fingerprint density at radius 3 is 2.32 bits per heavy atom. The number of hydrogen-bond acceptors (Lipinski definition) is 5. The van der Waals surface area contributed by atoms with Crippen LogP contribution in [0, 0.1) is 0 Å². The Labute approximate surface area is 139 Å². The lowest BCUT2D eigenvalue weighted by molar-refractivity contribution is 0.208. The molecule has 1 aromatic carbocycles. The number of rotatable bonds is 2. The Kier molecular flexibility index (Phi) is 4.42. The SMILES string of the molecule is CN1CCN(C2=NCCN2S(=O)(=O)c2ccc(Br)cc2)CC1. The molecule has 2 aliphatic rings. The highest BCUT2D eigenvalue weighted by molar-refractivity contribution is 9.10. The van der Waals surface area contributed by atoms with E-state index in [1.54, 1.807) is 24.3 Å². The predicted molar refractivity (Wildman–Crippen MR) is 89.4 cm³/mol. The third kappa shape index (κ3) is 3.00. The normalized spacial score (nSPS) is 20.4. The van der Waals surface area contributed by atoms with Crippen LogP contribution in [0.3, 0.4) is 0 Å². The molecule has 120 valence electrons. The maximum absolute atomic E-state index is 12.9. The van der Waals surface area contributed by atoms with Gasteiger partial charge in [0, 0.05) is 30.7 Å². The summed E-state index contributed by atoms with van der Waals surface area (Å²) >= 11 is 3.33. The Bertz CT molecular complexity index is 667. The monoisotopic (exact) mass is 386 g/mol. The number of likely N-dealkylation sites (N-methyl/N-ethyl adjacent to an activating group) is 1.